The number of aromatic nitrogens is 3. The van der Waals surface area contributed by atoms with Crippen LogP contribution in [0.2, 0.25) is 0 Å². The first-order chi connectivity index (χ1) is 16.3. The molecule has 0 amide bonds. The summed E-state index contributed by atoms with van der Waals surface area (Å²) in [5, 5.41) is 9.93. The monoisotopic (exact) mass is 458 g/mol. The first-order valence-corrected chi connectivity index (χ1v) is 12.9. The second-order valence-electron chi connectivity index (χ2n) is 9.13. The second kappa shape index (κ2) is 9.15. The molecule has 1 aliphatic heterocycles. The Labute approximate surface area is 198 Å². The summed E-state index contributed by atoms with van der Waals surface area (Å²) in [4.78, 5) is 11.0. The Morgan fingerprint density at radius 1 is 0.879 bits per heavy atom. The van der Waals surface area contributed by atoms with Gasteiger partial charge in [0.05, 0.1) is 0 Å². The largest absolute Gasteiger partial charge is 0.365 e. The molecule has 0 unspecified atom stereocenters. The lowest BCUT2D eigenvalue weighted by Crippen LogP contribution is -2.46. The third-order valence-corrected chi connectivity index (χ3v) is 7.80. The normalized spacial score (nSPS) is 17.8. The third kappa shape index (κ3) is 4.35. The van der Waals surface area contributed by atoms with Crippen molar-refractivity contribution in [2.24, 2.45) is 0 Å². The van der Waals surface area contributed by atoms with E-state index < -0.39 is 0 Å². The zero-order valence-electron chi connectivity index (χ0n) is 18.9. The molecule has 1 aliphatic carbocycles. The number of nitrogens with one attached hydrogen (secondary N) is 1. The minimum absolute atomic E-state index is 0.513. The Kier molecular flexibility index (Phi) is 5.74. The highest BCUT2D eigenvalue weighted by Gasteiger charge is 2.25. The van der Waals surface area contributed by atoms with E-state index in [1.165, 1.54) is 31.2 Å². The van der Waals surface area contributed by atoms with E-state index in [1.54, 1.807) is 11.3 Å². The molecular formula is C26H30N6S. The maximum absolute atomic E-state index is 5.05. The first kappa shape index (κ1) is 20.7. The molecule has 0 spiro atoms. The molecule has 1 N–H and O–H groups in total. The lowest BCUT2D eigenvalue weighted by molar-refractivity contribution is 0.249. The van der Waals surface area contributed by atoms with Crippen molar-refractivity contribution in [2.45, 2.75) is 38.3 Å². The highest BCUT2D eigenvalue weighted by molar-refractivity contribution is 7.20. The molecule has 2 fully saturated rings. The van der Waals surface area contributed by atoms with E-state index in [0.717, 1.165) is 59.9 Å². The molecule has 2 aliphatic rings. The Bertz CT molecular complexity index is 1190. The maximum atomic E-state index is 5.05. The molecule has 6 rings (SSSR count). The van der Waals surface area contributed by atoms with Crippen LogP contribution in [0, 0.1) is 0 Å². The van der Waals surface area contributed by atoms with Gasteiger partial charge in [-0.3, -0.25) is 4.90 Å². The van der Waals surface area contributed by atoms with Crippen LogP contribution in [-0.4, -0.2) is 51.7 Å². The topological polar surface area (TPSA) is 48.7 Å². The molecular weight excluding hydrogens is 428 g/mol. The zero-order valence-corrected chi connectivity index (χ0v) is 19.7. The molecule has 33 heavy (non-hydrogen) atoms. The van der Waals surface area contributed by atoms with Crippen LogP contribution >= 0.6 is 11.3 Å². The van der Waals surface area contributed by atoms with Gasteiger partial charge in [-0.15, -0.1) is 5.10 Å². The number of benzene rings is 2. The summed E-state index contributed by atoms with van der Waals surface area (Å²) in [7, 11) is 0. The molecule has 3 heterocycles. The van der Waals surface area contributed by atoms with E-state index in [9.17, 15) is 0 Å². The minimum Gasteiger partial charge on any atom is -0.365 e. The van der Waals surface area contributed by atoms with Gasteiger partial charge in [-0.05, 0) is 18.4 Å². The molecule has 1 saturated carbocycles. The summed E-state index contributed by atoms with van der Waals surface area (Å²) in [5.74, 6) is 1.05. The third-order valence-electron chi connectivity index (χ3n) is 6.83. The van der Waals surface area contributed by atoms with E-state index in [-0.39, 0.29) is 0 Å². The quantitative estimate of drug-likeness (QED) is 0.434. The average Bonchev–Trinajstić information content (AvgIpc) is 3.59. The summed E-state index contributed by atoms with van der Waals surface area (Å²) in [6, 6.07) is 21.8. The Balaban J connectivity index is 1.23. The molecule has 2 aromatic carbocycles. The van der Waals surface area contributed by atoms with Gasteiger partial charge in [0.15, 0.2) is 5.82 Å². The van der Waals surface area contributed by atoms with Crippen LogP contribution in [0.5, 0.6) is 0 Å². The van der Waals surface area contributed by atoms with Crippen LogP contribution in [0.1, 0.15) is 31.2 Å². The van der Waals surface area contributed by atoms with Gasteiger partial charge in [-0.1, -0.05) is 84.8 Å². The summed E-state index contributed by atoms with van der Waals surface area (Å²) >= 11 is 1.70. The number of anilines is 2. The van der Waals surface area contributed by atoms with Gasteiger partial charge < -0.3 is 10.2 Å². The molecule has 0 radical (unpaired) electrons. The lowest BCUT2D eigenvalue weighted by Gasteiger charge is -2.34. The van der Waals surface area contributed by atoms with Crippen molar-refractivity contribution in [3.63, 3.8) is 0 Å². The van der Waals surface area contributed by atoms with Crippen LogP contribution < -0.4 is 10.2 Å². The lowest BCUT2D eigenvalue weighted by atomic mass is 10.1. The van der Waals surface area contributed by atoms with Crippen molar-refractivity contribution in [1.29, 1.82) is 0 Å². The molecule has 7 heteroatoms. The molecule has 2 aromatic heterocycles. The van der Waals surface area contributed by atoms with E-state index in [2.05, 4.69) is 80.3 Å². The van der Waals surface area contributed by atoms with E-state index in [0.29, 0.717) is 6.04 Å². The standard InChI is InChI=1S/C26H30N6S/c1-3-9-20(10-4-1)19-30-15-17-31(18-16-30)26-29-32-24(27-22-13-7-8-14-22)23(28-25(32)33-26)21-11-5-2-6-12-21/h1-6,9-12,22,27H,7-8,13-19H2. The molecule has 170 valence electrons. The average molecular weight is 459 g/mol. The number of hydrogen-bond acceptors (Lipinski definition) is 6. The SMILES string of the molecule is c1ccc(CN2CCN(c3nn4c(NC5CCCC5)c(-c5ccccc5)nc4s3)CC2)cc1. The van der Waals surface area contributed by atoms with Crippen molar-refractivity contribution in [2.75, 3.05) is 36.4 Å². The van der Waals surface area contributed by atoms with Crippen LogP contribution in [0.4, 0.5) is 10.9 Å². The zero-order chi connectivity index (χ0) is 22.0. The molecule has 0 atom stereocenters. The van der Waals surface area contributed by atoms with Crippen LogP contribution in [-0.2, 0) is 6.54 Å². The molecule has 0 bridgehead atoms. The number of imidazole rings is 1. The summed E-state index contributed by atoms with van der Waals surface area (Å²) in [6.45, 7) is 5.13. The van der Waals surface area contributed by atoms with Gasteiger partial charge in [0.1, 0.15) is 5.69 Å². The van der Waals surface area contributed by atoms with E-state index in [4.69, 9.17) is 10.1 Å². The summed E-state index contributed by atoms with van der Waals surface area (Å²) in [5.41, 5.74) is 3.54. The fourth-order valence-corrected chi connectivity index (χ4v) is 5.95. The van der Waals surface area contributed by atoms with Gasteiger partial charge in [0.25, 0.3) is 0 Å². The van der Waals surface area contributed by atoms with Gasteiger partial charge >= 0.3 is 0 Å². The second-order valence-corrected chi connectivity index (χ2v) is 10.1. The number of piperazine rings is 1. The smallest absolute Gasteiger partial charge is 0.216 e. The van der Waals surface area contributed by atoms with Gasteiger partial charge in [0.2, 0.25) is 10.1 Å². The first-order valence-electron chi connectivity index (χ1n) is 12.1. The number of rotatable bonds is 6. The minimum atomic E-state index is 0.513. The number of nitrogens with zero attached hydrogens (tertiary/aromatic N) is 5. The highest BCUT2D eigenvalue weighted by atomic mass is 32.1. The number of fused-ring (bicyclic) bond motifs is 1. The van der Waals surface area contributed by atoms with Crippen molar-refractivity contribution < 1.29 is 0 Å². The van der Waals surface area contributed by atoms with E-state index >= 15 is 0 Å². The maximum Gasteiger partial charge on any atom is 0.216 e. The Hall–Kier alpha value is -2.90. The van der Waals surface area contributed by atoms with Gasteiger partial charge in [0, 0.05) is 44.3 Å². The van der Waals surface area contributed by atoms with Crippen molar-refractivity contribution >= 4 is 27.2 Å². The molecule has 4 aromatic rings. The van der Waals surface area contributed by atoms with Crippen LogP contribution in [0.15, 0.2) is 60.7 Å². The summed E-state index contributed by atoms with van der Waals surface area (Å²) in [6.07, 6.45) is 5.05. The fraction of sp³-hybridized carbons (Fsp3) is 0.385. The molecule has 1 saturated heterocycles. The number of hydrogen-bond donors (Lipinski definition) is 1. The van der Waals surface area contributed by atoms with Crippen LogP contribution in [0.3, 0.4) is 0 Å². The molecule has 6 nitrogen and oxygen atoms in total. The van der Waals surface area contributed by atoms with E-state index in [1.807, 2.05) is 0 Å². The predicted molar refractivity (Wildman–Crippen MR) is 136 cm³/mol. The Morgan fingerprint density at radius 3 is 2.30 bits per heavy atom. The van der Waals surface area contributed by atoms with Crippen molar-refractivity contribution in [3.05, 3.63) is 66.2 Å². The Morgan fingerprint density at radius 2 is 1.58 bits per heavy atom. The predicted octanol–water partition coefficient (Wildman–Crippen LogP) is 5.13. The summed E-state index contributed by atoms with van der Waals surface area (Å²) < 4.78 is 2.05. The van der Waals surface area contributed by atoms with Crippen molar-refractivity contribution in [3.8, 4) is 11.3 Å². The van der Waals surface area contributed by atoms with Crippen molar-refractivity contribution in [1.82, 2.24) is 19.5 Å². The van der Waals surface area contributed by atoms with Gasteiger partial charge in [-0.2, -0.15) is 4.52 Å². The van der Waals surface area contributed by atoms with Gasteiger partial charge in [-0.25, -0.2) is 4.98 Å². The highest BCUT2D eigenvalue weighted by Crippen LogP contribution is 2.35. The fourth-order valence-electron chi connectivity index (χ4n) is 5.00. The van der Waals surface area contributed by atoms with Crippen LogP contribution in [0.25, 0.3) is 16.2 Å².